The molecule has 4 aromatic rings. The minimum atomic E-state index is -0.123. The molecule has 0 aliphatic carbocycles. The van der Waals surface area contributed by atoms with Crippen molar-refractivity contribution in [3.05, 3.63) is 70.2 Å². The Morgan fingerprint density at radius 3 is 2.78 bits per heavy atom. The molecule has 6 heteroatoms. The number of hydrogen-bond acceptors (Lipinski definition) is 3. The van der Waals surface area contributed by atoms with Crippen molar-refractivity contribution in [3.8, 4) is 5.69 Å². The standard InChI is InChI=1S/C17H11ClN3OP/c18-14-6-5-13-16(20-14)17-10(9-19-13)4-7-15(22)21(17)11-2-1-3-12(23)8-11/h1-9H,23H2. The lowest BCUT2D eigenvalue weighted by molar-refractivity contribution is 1.05. The predicted octanol–water partition coefficient (Wildman–Crippen LogP) is 3.09. The average molecular weight is 340 g/mol. The second-order valence-corrected chi connectivity index (χ2v) is 6.22. The van der Waals surface area contributed by atoms with Crippen LogP contribution in [0, 0.1) is 0 Å². The highest BCUT2D eigenvalue weighted by molar-refractivity contribution is 7.27. The van der Waals surface area contributed by atoms with Crippen LogP contribution in [0.1, 0.15) is 0 Å². The summed E-state index contributed by atoms with van der Waals surface area (Å²) in [6.07, 6.45) is 1.74. The molecule has 1 aromatic carbocycles. The van der Waals surface area contributed by atoms with Gasteiger partial charge >= 0.3 is 0 Å². The first-order valence-corrected chi connectivity index (χ1v) is 7.92. The highest BCUT2D eigenvalue weighted by Crippen LogP contribution is 2.24. The van der Waals surface area contributed by atoms with E-state index in [1.807, 2.05) is 24.3 Å². The van der Waals surface area contributed by atoms with E-state index in [0.29, 0.717) is 21.7 Å². The monoisotopic (exact) mass is 339 g/mol. The van der Waals surface area contributed by atoms with Gasteiger partial charge in [0.25, 0.3) is 5.56 Å². The molecule has 1 unspecified atom stereocenters. The fourth-order valence-corrected chi connectivity index (χ4v) is 3.10. The van der Waals surface area contributed by atoms with Crippen LogP contribution >= 0.6 is 20.8 Å². The van der Waals surface area contributed by atoms with Crippen LogP contribution in [-0.4, -0.2) is 14.5 Å². The average Bonchev–Trinajstić information content (AvgIpc) is 2.54. The number of benzene rings is 1. The summed E-state index contributed by atoms with van der Waals surface area (Å²) in [5.41, 5.74) is 2.68. The van der Waals surface area contributed by atoms with E-state index >= 15 is 0 Å². The summed E-state index contributed by atoms with van der Waals surface area (Å²) in [5.74, 6) is 0. The van der Waals surface area contributed by atoms with E-state index in [1.54, 1.807) is 29.0 Å². The summed E-state index contributed by atoms with van der Waals surface area (Å²) < 4.78 is 1.65. The smallest absolute Gasteiger partial charge is 0.255 e. The van der Waals surface area contributed by atoms with Crippen molar-refractivity contribution in [2.45, 2.75) is 0 Å². The van der Waals surface area contributed by atoms with Crippen LogP contribution in [0.3, 0.4) is 0 Å². The fraction of sp³-hybridized carbons (Fsp3) is 0. The maximum atomic E-state index is 12.5. The van der Waals surface area contributed by atoms with Gasteiger partial charge in [-0.3, -0.25) is 14.3 Å². The van der Waals surface area contributed by atoms with E-state index in [4.69, 9.17) is 11.6 Å². The predicted molar refractivity (Wildman–Crippen MR) is 97.0 cm³/mol. The van der Waals surface area contributed by atoms with E-state index < -0.39 is 0 Å². The highest BCUT2D eigenvalue weighted by Gasteiger charge is 2.11. The molecule has 0 saturated heterocycles. The van der Waals surface area contributed by atoms with Gasteiger partial charge in [0.1, 0.15) is 10.7 Å². The zero-order valence-corrected chi connectivity index (χ0v) is 13.8. The molecule has 0 saturated carbocycles. The first-order valence-electron chi connectivity index (χ1n) is 6.96. The van der Waals surface area contributed by atoms with Gasteiger partial charge in [-0.05, 0) is 35.6 Å². The van der Waals surface area contributed by atoms with Gasteiger partial charge in [-0.25, -0.2) is 4.98 Å². The van der Waals surface area contributed by atoms with Crippen LogP contribution in [0.4, 0.5) is 0 Å². The van der Waals surface area contributed by atoms with Crippen molar-refractivity contribution in [1.82, 2.24) is 14.5 Å². The Labute approximate surface area is 139 Å². The third kappa shape index (κ3) is 2.40. The molecule has 112 valence electrons. The molecule has 0 bridgehead atoms. The molecule has 3 aromatic heterocycles. The number of pyridine rings is 3. The lowest BCUT2D eigenvalue weighted by Crippen LogP contribution is -2.18. The van der Waals surface area contributed by atoms with Crippen LogP contribution in [0.15, 0.2) is 59.5 Å². The van der Waals surface area contributed by atoms with Crippen LogP contribution < -0.4 is 10.9 Å². The summed E-state index contributed by atoms with van der Waals surface area (Å²) in [4.78, 5) is 21.3. The van der Waals surface area contributed by atoms with Crippen molar-refractivity contribution >= 4 is 48.1 Å². The summed E-state index contributed by atoms with van der Waals surface area (Å²) >= 11 is 6.05. The summed E-state index contributed by atoms with van der Waals surface area (Å²) in [7, 11) is 2.64. The molecule has 23 heavy (non-hydrogen) atoms. The van der Waals surface area contributed by atoms with E-state index in [0.717, 1.165) is 16.4 Å². The molecular formula is C17H11ClN3OP. The Balaban J connectivity index is 2.24. The lowest BCUT2D eigenvalue weighted by Gasteiger charge is -2.12. The molecule has 4 rings (SSSR count). The van der Waals surface area contributed by atoms with Gasteiger partial charge in [-0.1, -0.05) is 23.7 Å². The Bertz CT molecular complexity index is 1120. The summed E-state index contributed by atoms with van der Waals surface area (Å²) in [6.45, 7) is 0. The largest absolute Gasteiger partial charge is 0.275 e. The molecule has 0 aliphatic heterocycles. The van der Waals surface area contributed by atoms with Gasteiger partial charge in [0.15, 0.2) is 0 Å². The molecule has 0 spiro atoms. The Morgan fingerprint density at radius 1 is 1.09 bits per heavy atom. The van der Waals surface area contributed by atoms with Crippen LogP contribution in [0.5, 0.6) is 0 Å². The zero-order valence-electron chi connectivity index (χ0n) is 11.9. The number of nitrogens with zero attached hydrogens (tertiary/aromatic N) is 3. The SMILES string of the molecule is O=c1ccc2cnc3ccc(Cl)nc3c2n1-c1cccc(P)c1. The van der Waals surface area contributed by atoms with Crippen molar-refractivity contribution < 1.29 is 0 Å². The van der Waals surface area contributed by atoms with Gasteiger partial charge < -0.3 is 0 Å². The number of aromatic nitrogens is 3. The summed E-state index contributed by atoms with van der Waals surface area (Å²) in [5, 5.41) is 2.20. The molecule has 0 N–H and O–H groups in total. The lowest BCUT2D eigenvalue weighted by atomic mass is 10.2. The first kappa shape index (κ1) is 14.3. The zero-order chi connectivity index (χ0) is 16.0. The van der Waals surface area contributed by atoms with Gasteiger partial charge in [-0.15, -0.1) is 9.24 Å². The molecule has 0 fully saturated rings. The maximum absolute atomic E-state index is 12.5. The van der Waals surface area contributed by atoms with Crippen LogP contribution in [0.25, 0.3) is 27.6 Å². The first-order chi connectivity index (χ1) is 11.1. The van der Waals surface area contributed by atoms with Gasteiger partial charge in [0, 0.05) is 23.3 Å². The Morgan fingerprint density at radius 2 is 1.96 bits per heavy atom. The highest BCUT2D eigenvalue weighted by atomic mass is 35.5. The fourth-order valence-electron chi connectivity index (χ4n) is 2.67. The Kier molecular flexibility index (Phi) is 3.37. The molecule has 1 atom stereocenters. The minimum Gasteiger partial charge on any atom is -0.275 e. The molecule has 0 amide bonds. The van der Waals surface area contributed by atoms with Crippen LogP contribution in [0.2, 0.25) is 5.15 Å². The summed E-state index contributed by atoms with van der Waals surface area (Å²) in [6, 6.07) is 14.5. The minimum absolute atomic E-state index is 0.123. The van der Waals surface area contributed by atoms with E-state index in [-0.39, 0.29) is 5.56 Å². The van der Waals surface area contributed by atoms with Crippen molar-refractivity contribution in [2.75, 3.05) is 0 Å². The van der Waals surface area contributed by atoms with Gasteiger partial charge in [-0.2, -0.15) is 0 Å². The van der Waals surface area contributed by atoms with E-state index in [1.165, 1.54) is 6.07 Å². The number of hydrogen-bond donors (Lipinski definition) is 0. The third-order valence-corrected chi connectivity index (χ3v) is 4.23. The van der Waals surface area contributed by atoms with Crippen molar-refractivity contribution in [3.63, 3.8) is 0 Å². The molecule has 3 heterocycles. The number of fused-ring (bicyclic) bond motifs is 3. The number of rotatable bonds is 1. The topological polar surface area (TPSA) is 47.8 Å². The number of halogens is 1. The van der Waals surface area contributed by atoms with Crippen molar-refractivity contribution in [1.29, 1.82) is 0 Å². The van der Waals surface area contributed by atoms with Crippen LogP contribution in [-0.2, 0) is 0 Å². The normalized spacial score (nSPS) is 11.2. The molecule has 0 aliphatic rings. The van der Waals surface area contributed by atoms with E-state index in [2.05, 4.69) is 19.2 Å². The second kappa shape index (κ2) is 5.41. The quantitative estimate of drug-likeness (QED) is 0.304. The van der Waals surface area contributed by atoms with Gasteiger partial charge in [0.05, 0.1) is 11.0 Å². The Hall–Kier alpha value is -2.29. The molecule has 0 radical (unpaired) electrons. The van der Waals surface area contributed by atoms with Gasteiger partial charge in [0.2, 0.25) is 0 Å². The molecule has 4 nitrogen and oxygen atoms in total. The molecular weight excluding hydrogens is 329 g/mol. The maximum Gasteiger partial charge on any atom is 0.255 e. The van der Waals surface area contributed by atoms with Crippen molar-refractivity contribution in [2.24, 2.45) is 0 Å². The van der Waals surface area contributed by atoms with E-state index in [9.17, 15) is 4.79 Å². The third-order valence-electron chi connectivity index (χ3n) is 3.66. The second-order valence-electron chi connectivity index (χ2n) is 5.17.